The van der Waals surface area contributed by atoms with E-state index in [0.29, 0.717) is 11.8 Å². The van der Waals surface area contributed by atoms with Crippen molar-refractivity contribution in [3.8, 4) is 0 Å². The Morgan fingerprint density at radius 3 is 2.84 bits per heavy atom. The summed E-state index contributed by atoms with van der Waals surface area (Å²) in [6.45, 7) is 9.00. The van der Waals surface area contributed by atoms with E-state index in [1.807, 2.05) is 20.8 Å². The van der Waals surface area contributed by atoms with Gasteiger partial charge in [-0.15, -0.1) is 0 Å². The molecule has 1 heterocycles. The number of aromatic nitrogens is 2. The lowest BCUT2D eigenvalue weighted by Gasteiger charge is -2.20. The lowest BCUT2D eigenvalue weighted by atomic mass is 10.2. The van der Waals surface area contributed by atoms with E-state index in [1.165, 1.54) is 0 Å². The largest absolute Gasteiger partial charge is 0.444 e. The highest BCUT2D eigenvalue weighted by Gasteiger charge is 2.16. The van der Waals surface area contributed by atoms with Crippen molar-refractivity contribution in [1.82, 2.24) is 14.9 Å². The van der Waals surface area contributed by atoms with Gasteiger partial charge in [0.15, 0.2) is 0 Å². The van der Waals surface area contributed by atoms with Gasteiger partial charge >= 0.3 is 6.09 Å². The number of thioether (sulfide) groups is 1. The molecule has 1 aromatic heterocycles. The van der Waals surface area contributed by atoms with Crippen molar-refractivity contribution >= 4 is 17.9 Å². The summed E-state index contributed by atoms with van der Waals surface area (Å²) in [5, 5.41) is 3.25. The Bertz CT molecular complexity index is 412. The summed E-state index contributed by atoms with van der Waals surface area (Å²) in [5.74, 6) is 0. The number of ether oxygens (including phenoxy) is 1. The summed E-state index contributed by atoms with van der Waals surface area (Å²) in [7, 11) is 0. The zero-order valence-electron chi connectivity index (χ0n) is 12.3. The van der Waals surface area contributed by atoms with Crippen LogP contribution in [0.15, 0.2) is 12.5 Å². The van der Waals surface area contributed by atoms with Crippen LogP contribution < -0.4 is 5.32 Å². The first-order chi connectivity index (χ1) is 8.81. The third-order valence-electron chi connectivity index (χ3n) is 2.47. The Morgan fingerprint density at radius 1 is 1.58 bits per heavy atom. The third kappa shape index (κ3) is 6.00. The predicted octanol–water partition coefficient (Wildman–Crippen LogP) is 2.66. The molecule has 0 radical (unpaired) electrons. The van der Waals surface area contributed by atoms with Crippen molar-refractivity contribution in [3.63, 3.8) is 0 Å². The van der Waals surface area contributed by atoms with E-state index in [1.54, 1.807) is 24.3 Å². The average molecular weight is 285 g/mol. The Morgan fingerprint density at radius 2 is 2.26 bits per heavy atom. The normalized spacial score (nSPS) is 13.1. The number of alkyl carbamates (subject to hydrolysis) is 1. The van der Waals surface area contributed by atoms with Gasteiger partial charge in [-0.05, 0) is 27.0 Å². The van der Waals surface area contributed by atoms with Crippen LogP contribution in [0.1, 0.15) is 33.4 Å². The van der Waals surface area contributed by atoms with E-state index in [2.05, 4.69) is 28.0 Å². The Labute approximate surface area is 119 Å². The lowest BCUT2D eigenvalue weighted by Crippen LogP contribution is -2.32. The summed E-state index contributed by atoms with van der Waals surface area (Å²) >= 11 is 1.80. The van der Waals surface area contributed by atoms with Gasteiger partial charge in [-0.2, -0.15) is 11.8 Å². The van der Waals surface area contributed by atoms with Crippen molar-refractivity contribution in [2.45, 2.75) is 51.6 Å². The van der Waals surface area contributed by atoms with Crippen LogP contribution >= 0.6 is 11.8 Å². The molecule has 5 nitrogen and oxygen atoms in total. The fourth-order valence-electron chi connectivity index (χ4n) is 1.49. The minimum absolute atomic E-state index is 0.404. The number of rotatable bonds is 5. The van der Waals surface area contributed by atoms with Crippen molar-refractivity contribution in [1.29, 1.82) is 0 Å². The maximum Gasteiger partial charge on any atom is 0.407 e. The first kappa shape index (κ1) is 15.9. The van der Waals surface area contributed by atoms with Gasteiger partial charge in [0.25, 0.3) is 0 Å². The highest BCUT2D eigenvalue weighted by Crippen LogP contribution is 2.11. The summed E-state index contributed by atoms with van der Waals surface area (Å²) < 4.78 is 7.25. The van der Waals surface area contributed by atoms with Crippen LogP contribution in [-0.4, -0.2) is 32.8 Å². The van der Waals surface area contributed by atoms with Gasteiger partial charge in [-0.1, -0.05) is 6.92 Å². The standard InChI is InChI=1S/C13H23N3O2S/c1-10(19-5)8-16-9-14-6-11(16)7-15-12(17)18-13(2,3)4/h6,9-10H,7-8H2,1-5H3,(H,15,17). The molecule has 1 atom stereocenters. The Hall–Kier alpha value is -1.17. The lowest BCUT2D eigenvalue weighted by molar-refractivity contribution is 0.0522. The highest BCUT2D eigenvalue weighted by molar-refractivity contribution is 7.99. The predicted molar refractivity (Wildman–Crippen MR) is 78.3 cm³/mol. The smallest absolute Gasteiger partial charge is 0.407 e. The molecule has 0 aliphatic heterocycles. The van der Waals surface area contributed by atoms with Crippen molar-refractivity contribution in [2.75, 3.05) is 6.26 Å². The average Bonchev–Trinajstić information content (AvgIpc) is 2.71. The molecule has 6 heteroatoms. The quantitative estimate of drug-likeness (QED) is 0.903. The van der Waals surface area contributed by atoms with Crippen molar-refractivity contribution < 1.29 is 9.53 Å². The van der Waals surface area contributed by atoms with Crippen LogP contribution in [0.25, 0.3) is 0 Å². The molecule has 108 valence electrons. The molecule has 0 saturated carbocycles. The van der Waals surface area contributed by atoms with Gasteiger partial charge < -0.3 is 14.6 Å². The highest BCUT2D eigenvalue weighted by atomic mass is 32.2. The summed E-state index contributed by atoms with van der Waals surface area (Å²) in [5.41, 5.74) is 0.504. The number of carbonyl (C=O) groups is 1. The molecular formula is C13H23N3O2S. The summed E-state index contributed by atoms with van der Waals surface area (Å²) in [6, 6.07) is 0. The SMILES string of the molecule is CSC(C)Cn1cncc1CNC(=O)OC(C)(C)C. The van der Waals surface area contributed by atoms with Gasteiger partial charge in [-0.3, -0.25) is 0 Å². The van der Waals surface area contributed by atoms with Crippen LogP contribution in [0.5, 0.6) is 0 Å². The van der Waals surface area contributed by atoms with E-state index >= 15 is 0 Å². The van der Waals surface area contributed by atoms with Gasteiger partial charge in [-0.25, -0.2) is 9.78 Å². The Balaban J connectivity index is 2.50. The molecular weight excluding hydrogens is 262 g/mol. The molecule has 1 N–H and O–H groups in total. The fraction of sp³-hybridized carbons (Fsp3) is 0.692. The fourth-order valence-corrected chi connectivity index (χ4v) is 1.80. The molecule has 1 amide bonds. The number of amides is 1. The molecule has 0 bridgehead atoms. The minimum Gasteiger partial charge on any atom is -0.444 e. The molecule has 0 aliphatic rings. The van der Waals surface area contributed by atoms with Crippen LogP contribution in [0.2, 0.25) is 0 Å². The number of nitrogens with one attached hydrogen (secondary N) is 1. The molecule has 0 fully saturated rings. The Kier molecular flexibility index (Phi) is 5.72. The van der Waals surface area contributed by atoms with Crippen molar-refractivity contribution in [3.05, 3.63) is 18.2 Å². The molecule has 0 spiro atoms. The zero-order chi connectivity index (χ0) is 14.5. The van der Waals surface area contributed by atoms with E-state index < -0.39 is 11.7 Å². The van der Waals surface area contributed by atoms with Gasteiger partial charge in [0.2, 0.25) is 0 Å². The first-order valence-electron chi connectivity index (χ1n) is 6.30. The second-order valence-electron chi connectivity index (χ2n) is 5.44. The van der Waals surface area contributed by atoms with Gasteiger partial charge in [0, 0.05) is 18.0 Å². The third-order valence-corrected chi connectivity index (χ3v) is 3.42. The van der Waals surface area contributed by atoms with Gasteiger partial charge in [0.1, 0.15) is 5.60 Å². The minimum atomic E-state index is -0.475. The number of imidazole rings is 1. The number of nitrogens with zero attached hydrogens (tertiary/aromatic N) is 2. The van der Waals surface area contributed by atoms with Crippen LogP contribution in [0.3, 0.4) is 0 Å². The topological polar surface area (TPSA) is 56.2 Å². The second-order valence-corrected chi connectivity index (χ2v) is 6.72. The van der Waals surface area contributed by atoms with Crippen molar-refractivity contribution in [2.24, 2.45) is 0 Å². The number of hydrogen-bond acceptors (Lipinski definition) is 4. The molecule has 0 aromatic carbocycles. The van der Waals surface area contributed by atoms with E-state index in [9.17, 15) is 4.79 Å². The maximum absolute atomic E-state index is 11.6. The molecule has 1 rings (SSSR count). The molecule has 19 heavy (non-hydrogen) atoms. The zero-order valence-corrected chi connectivity index (χ0v) is 13.1. The maximum atomic E-state index is 11.6. The van der Waals surface area contributed by atoms with Crippen LogP contribution in [0.4, 0.5) is 4.79 Å². The number of hydrogen-bond donors (Lipinski definition) is 1. The monoisotopic (exact) mass is 285 g/mol. The van der Waals surface area contributed by atoms with E-state index in [-0.39, 0.29) is 0 Å². The first-order valence-corrected chi connectivity index (χ1v) is 7.59. The number of carbonyl (C=O) groups excluding carboxylic acids is 1. The van der Waals surface area contributed by atoms with E-state index in [4.69, 9.17) is 4.74 Å². The summed E-state index contributed by atoms with van der Waals surface area (Å²) in [4.78, 5) is 15.7. The molecule has 0 aliphatic carbocycles. The van der Waals surface area contributed by atoms with Crippen LogP contribution in [0, 0.1) is 0 Å². The summed E-state index contributed by atoms with van der Waals surface area (Å²) in [6.07, 6.45) is 5.24. The molecule has 1 unspecified atom stereocenters. The van der Waals surface area contributed by atoms with Crippen LogP contribution in [-0.2, 0) is 17.8 Å². The van der Waals surface area contributed by atoms with E-state index in [0.717, 1.165) is 12.2 Å². The molecule has 0 saturated heterocycles. The molecule has 1 aromatic rings. The van der Waals surface area contributed by atoms with Gasteiger partial charge in [0.05, 0.1) is 18.6 Å². The second kappa shape index (κ2) is 6.84.